The summed E-state index contributed by atoms with van der Waals surface area (Å²) in [7, 11) is 0. The summed E-state index contributed by atoms with van der Waals surface area (Å²) in [5, 5.41) is 3.13. The maximum atomic E-state index is 12.9. The van der Waals surface area contributed by atoms with Gasteiger partial charge in [-0.1, -0.05) is 72.8 Å². The van der Waals surface area contributed by atoms with Gasteiger partial charge in [0.1, 0.15) is 5.82 Å². The Morgan fingerprint density at radius 3 is 1.92 bits per heavy atom. The fourth-order valence-electron chi connectivity index (χ4n) is 2.69. The molecule has 132 valence electrons. The first-order valence-corrected chi connectivity index (χ1v) is 9.59. The molecule has 0 heterocycles. The van der Waals surface area contributed by atoms with Gasteiger partial charge in [0.2, 0.25) is 5.91 Å². The van der Waals surface area contributed by atoms with Crippen LogP contribution in [0.3, 0.4) is 0 Å². The van der Waals surface area contributed by atoms with E-state index in [1.54, 1.807) is 12.1 Å². The standard InChI is InChI=1S/C22H20FNOS/c23-20-13-11-17(12-14-20)15-26-16-21(25)24-22(18-7-3-1-4-8-18)19-9-5-2-6-10-19/h1-14,22H,15-16H2,(H,24,25). The number of nitrogens with one attached hydrogen (secondary N) is 1. The molecule has 0 saturated heterocycles. The van der Waals surface area contributed by atoms with Crippen LogP contribution >= 0.6 is 11.8 Å². The van der Waals surface area contributed by atoms with Gasteiger partial charge < -0.3 is 5.32 Å². The molecule has 0 aliphatic heterocycles. The summed E-state index contributed by atoms with van der Waals surface area (Å²) in [6.07, 6.45) is 0. The predicted octanol–water partition coefficient (Wildman–Crippen LogP) is 4.96. The first-order chi connectivity index (χ1) is 12.7. The number of carbonyl (C=O) groups is 1. The van der Waals surface area contributed by atoms with E-state index in [2.05, 4.69) is 5.32 Å². The Kier molecular flexibility index (Phi) is 6.45. The molecule has 0 saturated carbocycles. The number of halogens is 1. The normalized spacial score (nSPS) is 10.7. The molecule has 0 atom stereocenters. The van der Waals surface area contributed by atoms with Gasteiger partial charge in [-0.05, 0) is 28.8 Å². The fraction of sp³-hybridized carbons (Fsp3) is 0.136. The van der Waals surface area contributed by atoms with Crippen molar-refractivity contribution in [3.8, 4) is 0 Å². The van der Waals surface area contributed by atoms with Crippen LogP contribution in [-0.2, 0) is 10.5 Å². The van der Waals surface area contributed by atoms with Crippen LogP contribution in [0.4, 0.5) is 4.39 Å². The third-order valence-electron chi connectivity index (χ3n) is 3.99. The Hall–Kier alpha value is -2.59. The summed E-state index contributed by atoms with van der Waals surface area (Å²) in [6.45, 7) is 0. The minimum atomic E-state index is -0.245. The lowest BCUT2D eigenvalue weighted by Crippen LogP contribution is -2.30. The zero-order chi connectivity index (χ0) is 18.2. The van der Waals surface area contributed by atoms with E-state index in [0.29, 0.717) is 11.5 Å². The lowest BCUT2D eigenvalue weighted by atomic mass is 9.99. The van der Waals surface area contributed by atoms with Gasteiger partial charge in [0, 0.05) is 5.75 Å². The van der Waals surface area contributed by atoms with Gasteiger partial charge in [0.05, 0.1) is 11.8 Å². The Bertz CT molecular complexity index is 782. The van der Waals surface area contributed by atoms with Gasteiger partial charge in [-0.2, -0.15) is 0 Å². The molecule has 3 rings (SSSR count). The highest BCUT2D eigenvalue weighted by atomic mass is 32.2. The average Bonchev–Trinajstić information content (AvgIpc) is 2.69. The van der Waals surface area contributed by atoms with Crippen molar-refractivity contribution in [1.29, 1.82) is 0 Å². The molecule has 0 aliphatic carbocycles. The second-order valence-corrected chi connectivity index (χ2v) is 6.93. The molecular formula is C22H20FNOS. The molecule has 0 unspecified atom stereocenters. The molecule has 0 aromatic heterocycles. The molecule has 4 heteroatoms. The molecule has 26 heavy (non-hydrogen) atoms. The van der Waals surface area contributed by atoms with Crippen LogP contribution < -0.4 is 5.32 Å². The van der Waals surface area contributed by atoms with Gasteiger partial charge in [-0.15, -0.1) is 11.8 Å². The van der Waals surface area contributed by atoms with Gasteiger partial charge in [0.15, 0.2) is 0 Å². The van der Waals surface area contributed by atoms with Crippen molar-refractivity contribution in [2.45, 2.75) is 11.8 Å². The third-order valence-corrected chi connectivity index (χ3v) is 4.99. The molecule has 0 spiro atoms. The Balaban J connectivity index is 1.61. The van der Waals surface area contributed by atoms with Crippen LogP contribution in [-0.4, -0.2) is 11.7 Å². The molecule has 0 fully saturated rings. The predicted molar refractivity (Wildman–Crippen MR) is 105 cm³/mol. The molecule has 1 amide bonds. The van der Waals surface area contributed by atoms with Gasteiger partial charge in [-0.25, -0.2) is 4.39 Å². The monoisotopic (exact) mass is 365 g/mol. The Labute approximate surface area is 157 Å². The van der Waals surface area contributed by atoms with Crippen LogP contribution in [0.1, 0.15) is 22.7 Å². The van der Waals surface area contributed by atoms with Crippen LogP contribution in [0.5, 0.6) is 0 Å². The quantitative estimate of drug-likeness (QED) is 0.641. The summed E-state index contributed by atoms with van der Waals surface area (Å²) in [5.41, 5.74) is 3.11. The van der Waals surface area contributed by atoms with E-state index in [1.807, 2.05) is 60.7 Å². The minimum absolute atomic E-state index is 0.0187. The first-order valence-electron chi connectivity index (χ1n) is 8.44. The van der Waals surface area contributed by atoms with Gasteiger partial charge in [0.25, 0.3) is 0 Å². The SMILES string of the molecule is O=C(CSCc1ccc(F)cc1)NC(c1ccccc1)c1ccccc1. The van der Waals surface area contributed by atoms with E-state index >= 15 is 0 Å². The fourth-order valence-corrected chi connectivity index (χ4v) is 3.49. The molecule has 2 nitrogen and oxygen atoms in total. The number of thioether (sulfide) groups is 1. The average molecular weight is 365 g/mol. The zero-order valence-corrected chi connectivity index (χ0v) is 15.1. The summed E-state index contributed by atoms with van der Waals surface area (Å²) in [6, 6.07) is 26.1. The van der Waals surface area contributed by atoms with Crippen LogP contribution in [0.2, 0.25) is 0 Å². The maximum Gasteiger partial charge on any atom is 0.230 e. The number of amides is 1. The highest BCUT2D eigenvalue weighted by molar-refractivity contribution is 7.99. The van der Waals surface area contributed by atoms with Crippen molar-refractivity contribution in [2.75, 3.05) is 5.75 Å². The molecule has 0 radical (unpaired) electrons. The molecular weight excluding hydrogens is 345 g/mol. The molecule has 3 aromatic rings. The smallest absolute Gasteiger partial charge is 0.230 e. The van der Waals surface area contributed by atoms with Crippen molar-refractivity contribution in [3.05, 3.63) is 107 Å². The van der Waals surface area contributed by atoms with Crippen LogP contribution in [0, 0.1) is 5.82 Å². The largest absolute Gasteiger partial charge is 0.344 e. The summed E-state index contributed by atoms with van der Waals surface area (Å²) >= 11 is 1.52. The topological polar surface area (TPSA) is 29.1 Å². The van der Waals surface area contributed by atoms with Gasteiger partial charge >= 0.3 is 0 Å². The van der Waals surface area contributed by atoms with Crippen molar-refractivity contribution in [3.63, 3.8) is 0 Å². The molecule has 1 N–H and O–H groups in total. The van der Waals surface area contributed by atoms with E-state index in [0.717, 1.165) is 16.7 Å². The van der Waals surface area contributed by atoms with Crippen molar-refractivity contribution >= 4 is 17.7 Å². The highest BCUT2D eigenvalue weighted by Crippen LogP contribution is 2.22. The van der Waals surface area contributed by atoms with E-state index in [4.69, 9.17) is 0 Å². The van der Waals surface area contributed by atoms with Crippen LogP contribution in [0.25, 0.3) is 0 Å². The molecule has 0 bridgehead atoms. The first kappa shape index (κ1) is 18.2. The van der Waals surface area contributed by atoms with E-state index in [1.165, 1.54) is 23.9 Å². The van der Waals surface area contributed by atoms with Crippen molar-refractivity contribution < 1.29 is 9.18 Å². The van der Waals surface area contributed by atoms with E-state index < -0.39 is 0 Å². The lowest BCUT2D eigenvalue weighted by Gasteiger charge is -2.20. The number of hydrogen-bond acceptors (Lipinski definition) is 2. The second kappa shape index (κ2) is 9.20. The van der Waals surface area contributed by atoms with Crippen molar-refractivity contribution in [2.24, 2.45) is 0 Å². The minimum Gasteiger partial charge on any atom is -0.344 e. The zero-order valence-electron chi connectivity index (χ0n) is 14.3. The third kappa shape index (κ3) is 5.20. The molecule has 0 aliphatic rings. The highest BCUT2D eigenvalue weighted by Gasteiger charge is 2.16. The summed E-state index contributed by atoms with van der Waals surface area (Å²) in [5.74, 6) is 0.766. The van der Waals surface area contributed by atoms with Gasteiger partial charge in [-0.3, -0.25) is 4.79 Å². The number of benzene rings is 3. The number of rotatable bonds is 7. The lowest BCUT2D eigenvalue weighted by molar-refractivity contribution is -0.119. The summed E-state index contributed by atoms with van der Waals surface area (Å²) < 4.78 is 12.9. The van der Waals surface area contributed by atoms with Crippen LogP contribution in [0.15, 0.2) is 84.9 Å². The molecule has 3 aromatic carbocycles. The maximum absolute atomic E-state index is 12.9. The van der Waals surface area contributed by atoms with E-state index in [9.17, 15) is 9.18 Å². The Morgan fingerprint density at radius 2 is 1.38 bits per heavy atom. The summed E-state index contributed by atoms with van der Waals surface area (Å²) in [4.78, 5) is 12.5. The second-order valence-electron chi connectivity index (χ2n) is 5.94. The van der Waals surface area contributed by atoms with E-state index in [-0.39, 0.29) is 17.8 Å². The van der Waals surface area contributed by atoms with Crippen molar-refractivity contribution in [1.82, 2.24) is 5.32 Å². The number of hydrogen-bond donors (Lipinski definition) is 1. The number of carbonyl (C=O) groups excluding carboxylic acids is 1. The Morgan fingerprint density at radius 1 is 0.846 bits per heavy atom.